The van der Waals surface area contributed by atoms with Crippen LogP contribution in [0.15, 0.2) is 18.2 Å². The second-order valence-electron chi connectivity index (χ2n) is 5.00. The van der Waals surface area contributed by atoms with Gasteiger partial charge < -0.3 is 5.32 Å². The van der Waals surface area contributed by atoms with Crippen LogP contribution in [0.4, 0.5) is 5.69 Å². The second-order valence-corrected chi connectivity index (χ2v) is 6.92. The van der Waals surface area contributed by atoms with Crippen molar-refractivity contribution < 1.29 is 4.79 Å². The summed E-state index contributed by atoms with van der Waals surface area (Å²) < 4.78 is 0. The van der Waals surface area contributed by atoms with E-state index in [4.69, 9.17) is 23.2 Å². The van der Waals surface area contributed by atoms with Crippen LogP contribution in [0.2, 0.25) is 10.0 Å². The van der Waals surface area contributed by atoms with Crippen molar-refractivity contribution in [2.24, 2.45) is 0 Å². The van der Waals surface area contributed by atoms with E-state index >= 15 is 0 Å². The van der Waals surface area contributed by atoms with Crippen LogP contribution in [0.1, 0.15) is 45.4 Å². The molecule has 0 aliphatic rings. The third-order valence-electron chi connectivity index (χ3n) is 3.08. The molecule has 0 saturated carbocycles. The molecule has 118 valence electrons. The highest BCUT2D eigenvalue weighted by Crippen LogP contribution is 2.25. The average molecular weight is 348 g/mol. The normalized spacial score (nSPS) is 10.6. The summed E-state index contributed by atoms with van der Waals surface area (Å²) in [5, 5.41) is 3.77. The van der Waals surface area contributed by atoms with Gasteiger partial charge in [0.25, 0.3) is 0 Å². The highest BCUT2D eigenvalue weighted by molar-refractivity contribution is 7.99. The molecule has 0 fully saturated rings. The lowest BCUT2D eigenvalue weighted by Crippen LogP contribution is -2.14. The molecule has 2 nitrogen and oxygen atoms in total. The van der Waals surface area contributed by atoms with E-state index in [2.05, 4.69) is 12.2 Å². The van der Waals surface area contributed by atoms with Crippen molar-refractivity contribution in [1.29, 1.82) is 0 Å². The Morgan fingerprint density at radius 3 is 2.52 bits per heavy atom. The summed E-state index contributed by atoms with van der Waals surface area (Å²) in [5.74, 6) is 1.53. The zero-order valence-electron chi connectivity index (χ0n) is 12.5. The SMILES string of the molecule is CCCCCCCCSCC(=O)Nc1ccc(Cl)c(Cl)c1. The van der Waals surface area contributed by atoms with Gasteiger partial charge in [-0.2, -0.15) is 11.8 Å². The van der Waals surface area contributed by atoms with Crippen molar-refractivity contribution >= 4 is 46.6 Å². The fourth-order valence-electron chi connectivity index (χ4n) is 1.92. The van der Waals surface area contributed by atoms with Gasteiger partial charge in [-0.3, -0.25) is 4.79 Å². The Morgan fingerprint density at radius 2 is 1.81 bits per heavy atom. The van der Waals surface area contributed by atoms with Gasteiger partial charge in [-0.25, -0.2) is 0 Å². The second kappa shape index (κ2) is 11.2. The lowest BCUT2D eigenvalue weighted by Gasteiger charge is -2.06. The van der Waals surface area contributed by atoms with E-state index in [-0.39, 0.29) is 5.91 Å². The molecule has 0 aromatic heterocycles. The number of carbonyl (C=O) groups is 1. The first-order chi connectivity index (χ1) is 10.1. The smallest absolute Gasteiger partial charge is 0.234 e. The Bertz CT molecular complexity index is 440. The Hall–Kier alpha value is -0.380. The van der Waals surface area contributed by atoms with Crippen LogP contribution in [0.3, 0.4) is 0 Å². The molecule has 0 atom stereocenters. The van der Waals surface area contributed by atoms with E-state index in [1.165, 1.54) is 38.5 Å². The standard InChI is InChI=1S/C16H23Cl2NOS/c1-2-3-4-5-6-7-10-21-12-16(20)19-13-8-9-14(17)15(18)11-13/h8-9,11H,2-7,10,12H2,1H3,(H,19,20). The van der Waals surface area contributed by atoms with Gasteiger partial charge in [0, 0.05) is 5.69 Å². The molecular weight excluding hydrogens is 325 g/mol. The van der Waals surface area contributed by atoms with E-state index < -0.39 is 0 Å². The largest absolute Gasteiger partial charge is 0.325 e. The van der Waals surface area contributed by atoms with E-state index in [0.29, 0.717) is 21.5 Å². The van der Waals surface area contributed by atoms with E-state index in [9.17, 15) is 4.79 Å². The number of amides is 1. The van der Waals surface area contributed by atoms with Gasteiger partial charge >= 0.3 is 0 Å². The molecule has 0 aliphatic heterocycles. The Labute approximate surface area is 142 Å². The Kier molecular flexibility index (Phi) is 9.98. The summed E-state index contributed by atoms with van der Waals surface area (Å²) in [6.45, 7) is 2.22. The molecule has 0 heterocycles. The molecule has 0 unspecified atom stereocenters. The summed E-state index contributed by atoms with van der Waals surface area (Å²) >= 11 is 13.4. The molecule has 1 rings (SSSR count). The maximum Gasteiger partial charge on any atom is 0.234 e. The van der Waals surface area contributed by atoms with Crippen LogP contribution in [0, 0.1) is 0 Å². The topological polar surface area (TPSA) is 29.1 Å². The molecular formula is C16H23Cl2NOS. The minimum atomic E-state index is 0.00405. The number of thioether (sulfide) groups is 1. The third kappa shape index (κ3) is 8.60. The van der Waals surface area contributed by atoms with Crippen LogP contribution >= 0.6 is 35.0 Å². The summed E-state index contributed by atoms with van der Waals surface area (Å²) in [5.41, 5.74) is 0.689. The lowest BCUT2D eigenvalue weighted by molar-refractivity contribution is -0.113. The number of nitrogens with one attached hydrogen (secondary N) is 1. The molecule has 1 aromatic carbocycles. The zero-order valence-corrected chi connectivity index (χ0v) is 14.8. The molecule has 1 N–H and O–H groups in total. The number of halogens is 2. The average Bonchev–Trinajstić information content (AvgIpc) is 2.46. The summed E-state index contributed by atoms with van der Waals surface area (Å²) in [6, 6.07) is 5.10. The van der Waals surface area contributed by atoms with Crippen LogP contribution in [0.5, 0.6) is 0 Å². The molecule has 0 saturated heterocycles. The van der Waals surface area contributed by atoms with Crippen LogP contribution in [-0.2, 0) is 4.79 Å². The summed E-state index contributed by atoms with van der Waals surface area (Å²) in [7, 11) is 0. The number of benzene rings is 1. The molecule has 5 heteroatoms. The van der Waals surface area contributed by atoms with Crippen molar-refractivity contribution in [2.45, 2.75) is 45.4 Å². The van der Waals surface area contributed by atoms with Gasteiger partial charge in [-0.15, -0.1) is 0 Å². The number of anilines is 1. The third-order valence-corrected chi connectivity index (χ3v) is 4.86. The zero-order chi connectivity index (χ0) is 15.5. The highest BCUT2D eigenvalue weighted by Gasteiger charge is 2.04. The van der Waals surface area contributed by atoms with Gasteiger partial charge in [-0.05, 0) is 30.4 Å². The first-order valence-electron chi connectivity index (χ1n) is 7.46. The van der Waals surface area contributed by atoms with Crippen molar-refractivity contribution in [3.8, 4) is 0 Å². The van der Waals surface area contributed by atoms with Crippen LogP contribution in [-0.4, -0.2) is 17.4 Å². The number of carbonyl (C=O) groups excluding carboxylic acids is 1. The van der Waals surface area contributed by atoms with Crippen molar-refractivity contribution in [3.05, 3.63) is 28.2 Å². The van der Waals surface area contributed by atoms with Crippen molar-refractivity contribution in [1.82, 2.24) is 0 Å². The molecule has 0 spiro atoms. The predicted molar refractivity (Wildman–Crippen MR) is 95.8 cm³/mol. The first-order valence-corrected chi connectivity index (χ1v) is 9.37. The molecule has 1 amide bonds. The quantitative estimate of drug-likeness (QED) is 0.523. The van der Waals surface area contributed by atoms with Crippen LogP contribution in [0.25, 0.3) is 0 Å². The van der Waals surface area contributed by atoms with Gasteiger partial charge in [0.2, 0.25) is 5.91 Å². The van der Waals surface area contributed by atoms with Gasteiger partial charge in [0.15, 0.2) is 0 Å². The number of hydrogen-bond donors (Lipinski definition) is 1. The molecule has 0 radical (unpaired) electrons. The van der Waals surface area contributed by atoms with Gasteiger partial charge in [0.1, 0.15) is 0 Å². The van der Waals surface area contributed by atoms with E-state index in [1.54, 1.807) is 30.0 Å². The maximum atomic E-state index is 11.8. The summed E-state index contributed by atoms with van der Waals surface area (Å²) in [4.78, 5) is 11.8. The minimum absolute atomic E-state index is 0.00405. The van der Waals surface area contributed by atoms with Crippen molar-refractivity contribution in [2.75, 3.05) is 16.8 Å². The highest BCUT2D eigenvalue weighted by atomic mass is 35.5. The maximum absolute atomic E-state index is 11.8. The fourth-order valence-corrected chi connectivity index (χ4v) is 3.03. The molecule has 0 aliphatic carbocycles. The molecule has 1 aromatic rings. The Morgan fingerprint density at radius 1 is 1.10 bits per heavy atom. The molecule has 0 bridgehead atoms. The number of hydrogen-bond acceptors (Lipinski definition) is 2. The Balaban J connectivity index is 2.10. The van der Waals surface area contributed by atoms with E-state index in [1.807, 2.05) is 0 Å². The number of rotatable bonds is 10. The number of unbranched alkanes of at least 4 members (excludes halogenated alkanes) is 5. The van der Waals surface area contributed by atoms with E-state index in [0.717, 1.165) is 5.75 Å². The minimum Gasteiger partial charge on any atom is -0.325 e. The predicted octanol–water partition coefficient (Wildman–Crippen LogP) is 6.03. The first kappa shape index (κ1) is 18.7. The fraction of sp³-hybridized carbons (Fsp3) is 0.562. The lowest BCUT2D eigenvalue weighted by atomic mass is 10.1. The summed E-state index contributed by atoms with van der Waals surface area (Å²) in [6.07, 6.45) is 7.71. The van der Waals surface area contributed by atoms with Gasteiger partial charge in [-0.1, -0.05) is 62.2 Å². The monoisotopic (exact) mass is 347 g/mol. The van der Waals surface area contributed by atoms with Gasteiger partial charge in [0.05, 0.1) is 15.8 Å². The molecule has 21 heavy (non-hydrogen) atoms. The van der Waals surface area contributed by atoms with Crippen molar-refractivity contribution in [3.63, 3.8) is 0 Å². The van der Waals surface area contributed by atoms with Crippen LogP contribution < -0.4 is 5.32 Å².